The van der Waals surface area contributed by atoms with Crippen LogP contribution in [0.2, 0.25) is 0 Å². The van der Waals surface area contributed by atoms with Gasteiger partial charge in [-0.2, -0.15) is 5.01 Å². The van der Waals surface area contributed by atoms with Gasteiger partial charge < -0.3 is 4.42 Å². The van der Waals surface area contributed by atoms with E-state index in [1.165, 1.54) is 30.5 Å². The third kappa shape index (κ3) is 4.30. The molecule has 1 aromatic carbocycles. The molecule has 1 fully saturated rings. The number of thioether (sulfide) groups is 1. The number of hydrogen-bond acceptors (Lipinski definition) is 7. The number of furan rings is 1. The molecule has 3 rings (SSSR count). The predicted octanol–water partition coefficient (Wildman–Crippen LogP) is 3.29. The third-order valence-corrected chi connectivity index (χ3v) is 4.72. The Morgan fingerprint density at radius 1 is 1.30 bits per heavy atom. The molecule has 0 atom stereocenters. The van der Waals surface area contributed by atoms with Crippen LogP contribution in [-0.4, -0.2) is 26.1 Å². The molecule has 0 unspecified atom stereocenters. The first-order chi connectivity index (χ1) is 13.0. The molecule has 0 bridgehead atoms. The van der Waals surface area contributed by atoms with Crippen molar-refractivity contribution >= 4 is 51.9 Å². The van der Waals surface area contributed by atoms with Gasteiger partial charge in [0.25, 0.3) is 17.5 Å². The number of carbonyl (C=O) groups is 2. The van der Waals surface area contributed by atoms with Crippen LogP contribution in [0.25, 0.3) is 6.08 Å². The summed E-state index contributed by atoms with van der Waals surface area (Å²) in [5.74, 6) is -0.439. The molecule has 2 amide bonds. The molecule has 10 heteroatoms. The topological polar surface area (TPSA) is 106 Å². The van der Waals surface area contributed by atoms with Gasteiger partial charge in [-0.1, -0.05) is 17.8 Å². The molecule has 1 saturated heterocycles. The number of nitrogens with zero attached hydrogens (tertiary/aromatic N) is 2. The average molecular weight is 401 g/mol. The van der Waals surface area contributed by atoms with Crippen molar-refractivity contribution in [2.75, 3.05) is 0 Å². The van der Waals surface area contributed by atoms with Crippen LogP contribution in [0.4, 0.5) is 5.69 Å². The highest BCUT2D eigenvalue weighted by atomic mass is 32.2. The first-order valence-electron chi connectivity index (χ1n) is 7.49. The number of nitro benzene ring substituents is 1. The maximum atomic E-state index is 12.4. The first-order valence-corrected chi connectivity index (χ1v) is 8.72. The molecule has 1 N–H and O–H groups in total. The Bertz CT molecular complexity index is 965. The smallest absolute Gasteiger partial charge is 0.285 e. The Morgan fingerprint density at radius 2 is 2.04 bits per heavy atom. The first kappa shape index (κ1) is 18.5. The van der Waals surface area contributed by atoms with E-state index in [1.807, 2.05) is 0 Å². The molecular weight excluding hydrogens is 390 g/mol. The van der Waals surface area contributed by atoms with Crippen molar-refractivity contribution in [3.63, 3.8) is 0 Å². The quantitative estimate of drug-likeness (QED) is 0.355. The molecule has 2 heterocycles. The minimum atomic E-state index is -0.603. The normalized spacial score (nSPS) is 15.7. The number of allylic oxidation sites excluding steroid dienone is 2. The summed E-state index contributed by atoms with van der Waals surface area (Å²) in [6.45, 7) is 0. The van der Waals surface area contributed by atoms with Crippen molar-refractivity contribution in [1.29, 1.82) is 0 Å². The fourth-order valence-corrected chi connectivity index (χ4v) is 3.23. The van der Waals surface area contributed by atoms with Crippen LogP contribution in [0.5, 0.6) is 0 Å². The highest BCUT2D eigenvalue weighted by Gasteiger charge is 2.33. The van der Waals surface area contributed by atoms with E-state index in [-0.39, 0.29) is 15.6 Å². The van der Waals surface area contributed by atoms with Crippen LogP contribution >= 0.6 is 24.0 Å². The van der Waals surface area contributed by atoms with Crippen molar-refractivity contribution < 1.29 is 18.9 Å². The van der Waals surface area contributed by atoms with Gasteiger partial charge in [0.05, 0.1) is 16.1 Å². The Labute approximate surface area is 162 Å². The van der Waals surface area contributed by atoms with E-state index in [0.717, 1.165) is 16.8 Å². The van der Waals surface area contributed by atoms with Gasteiger partial charge in [0.1, 0.15) is 5.76 Å². The number of rotatable bonds is 5. The van der Waals surface area contributed by atoms with Crippen molar-refractivity contribution in [1.82, 2.24) is 10.4 Å². The van der Waals surface area contributed by atoms with E-state index in [1.54, 1.807) is 30.4 Å². The zero-order valence-electron chi connectivity index (χ0n) is 13.5. The zero-order valence-corrected chi connectivity index (χ0v) is 15.2. The summed E-state index contributed by atoms with van der Waals surface area (Å²) in [4.78, 5) is 35.1. The third-order valence-electron chi connectivity index (χ3n) is 3.40. The number of carbonyl (C=O) groups excluding carboxylic acids is 2. The SMILES string of the molecule is O=C(NN1C(=O)C(=CC=Cc2ccco2)SC1=S)c1ccc([N+](=O)[O-])cc1. The van der Waals surface area contributed by atoms with Gasteiger partial charge in [-0.3, -0.25) is 25.1 Å². The van der Waals surface area contributed by atoms with Gasteiger partial charge in [0, 0.05) is 17.7 Å². The molecule has 8 nitrogen and oxygen atoms in total. The summed E-state index contributed by atoms with van der Waals surface area (Å²) in [5.41, 5.74) is 2.43. The summed E-state index contributed by atoms with van der Waals surface area (Å²) in [6.07, 6.45) is 6.43. The highest BCUT2D eigenvalue weighted by Crippen LogP contribution is 2.29. The van der Waals surface area contributed by atoms with Gasteiger partial charge in [-0.05, 0) is 48.6 Å². The molecule has 27 heavy (non-hydrogen) atoms. The number of thiocarbonyl (C=S) groups is 1. The second-order valence-electron chi connectivity index (χ2n) is 5.16. The van der Waals surface area contributed by atoms with E-state index < -0.39 is 16.7 Å². The number of non-ortho nitro benzene ring substituents is 1. The summed E-state index contributed by atoms with van der Waals surface area (Å²) in [5, 5.41) is 11.6. The number of hydrogen-bond donors (Lipinski definition) is 1. The van der Waals surface area contributed by atoms with E-state index >= 15 is 0 Å². The summed E-state index contributed by atoms with van der Waals surface area (Å²) >= 11 is 6.17. The number of benzene rings is 1. The fourth-order valence-electron chi connectivity index (χ4n) is 2.10. The molecule has 0 saturated carbocycles. The molecular formula is C17H11N3O5S2. The van der Waals surface area contributed by atoms with Crippen LogP contribution in [-0.2, 0) is 4.79 Å². The van der Waals surface area contributed by atoms with Crippen molar-refractivity contribution in [2.45, 2.75) is 0 Å². The Morgan fingerprint density at radius 3 is 2.67 bits per heavy atom. The number of hydrazine groups is 1. The minimum Gasteiger partial charge on any atom is -0.465 e. The number of nitrogens with one attached hydrogen (secondary N) is 1. The Balaban J connectivity index is 1.68. The van der Waals surface area contributed by atoms with E-state index in [4.69, 9.17) is 16.6 Å². The maximum Gasteiger partial charge on any atom is 0.285 e. The molecule has 0 radical (unpaired) electrons. The highest BCUT2D eigenvalue weighted by molar-refractivity contribution is 8.26. The predicted molar refractivity (Wildman–Crippen MR) is 103 cm³/mol. The van der Waals surface area contributed by atoms with Gasteiger partial charge in [-0.15, -0.1) is 0 Å². The molecule has 0 aliphatic carbocycles. The van der Waals surface area contributed by atoms with Gasteiger partial charge in [0.15, 0.2) is 4.32 Å². The molecule has 1 aliphatic rings. The second-order valence-corrected chi connectivity index (χ2v) is 6.83. The number of nitro groups is 1. The van der Waals surface area contributed by atoms with Crippen LogP contribution < -0.4 is 5.43 Å². The Kier molecular flexibility index (Phi) is 5.48. The number of amides is 2. The van der Waals surface area contributed by atoms with Crippen LogP contribution in [0, 0.1) is 10.1 Å². The standard InChI is InChI=1S/C17H11N3O5S2/c21-15(11-6-8-12(9-7-11)20(23)24)18-19-16(22)14(27-17(19)26)5-1-3-13-4-2-10-25-13/h1-10H,(H,18,21). The zero-order chi connectivity index (χ0) is 19.4. The lowest BCUT2D eigenvalue weighted by Gasteiger charge is -2.15. The summed E-state index contributed by atoms with van der Waals surface area (Å²) in [6, 6.07) is 8.52. The van der Waals surface area contributed by atoms with E-state index in [0.29, 0.717) is 10.7 Å². The summed E-state index contributed by atoms with van der Waals surface area (Å²) < 4.78 is 5.32. The van der Waals surface area contributed by atoms with E-state index in [2.05, 4.69) is 5.43 Å². The lowest BCUT2D eigenvalue weighted by atomic mass is 10.2. The van der Waals surface area contributed by atoms with E-state index in [9.17, 15) is 19.7 Å². The lowest BCUT2D eigenvalue weighted by molar-refractivity contribution is -0.384. The monoisotopic (exact) mass is 401 g/mol. The van der Waals surface area contributed by atoms with Crippen LogP contribution in [0.15, 0.2) is 64.1 Å². The average Bonchev–Trinajstić information content (AvgIpc) is 3.26. The van der Waals surface area contributed by atoms with Gasteiger partial charge in [-0.25, -0.2) is 0 Å². The Hall–Kier alpha value is -3.24. The minimum absolute atomic E-state index is 0.136. The molecule has 0 spiro atoms. The van der Waals surface area contributed by atoms with Crippen molar-refractivity contribution in [3.05, 3.63) is 81.2 Å². The molecule has 1 aromatic heterocycles. The van der Waals surface area contributed by atoms with Gasteiger partial charge >= 0.3 is 0 Å². The lowest BCUT2D eigenvalue weighted by Crippen LogP contribution is -2.44. The molecule has 136 valence electrons. The van der Waals surface area contributed by atoms with Crippen LogP contribution in [0.1, 0.15) is 16.1 Å². The molecule has 1 aliphatic heterocycles. The maximum absolute atomic E-state index is 12.4. The molecule has 2 aromatic rings. The fraction of sp³-hybridized carbons (Fsp3) is 0. The summed E-state index contributed by atoms with van der Waals surface area (Å²) in [7, 11) is 0. The van der Waals surface area contributed by atoms with Gasteiger partial charge in [0.2, 0.25) is 0 Å². The van der Waals surface area contributed by atoms with Crippen LogP contribution in [0.3, 0.4) is 0 Å². The van der Waals surface area contributed by atoms with Crippen molar-refractivity contribution in [2.24, 2.45) is 0 Å². The largest absolute Gasteiger partial charge is 0.465 e. The second kappa shape index (κ2) is 7.98. The van der Waals surface area contributed by atoms with Crippen molar-refractivity contribution in [3.8, 4) is 0 Å².